The fourth-order valence-corrected chi connectivity index (χ4v) is 1.49. The summed E-state index contributed by atoms with van der Waals surface area (Å²) >= 11 is 0. The molecule has 0 heterocycles. The molecular formula is C11H23N5. The maximum atomic E-state index is 5.41. The first-order valence-corrected chi connectivity index (χ1v) is 5.63. The lowest BCUT2D eigenvalue weighted by Gasteiger charge is -2.30. The van der Waals surface area contributed by atoms with Crippen LogP contribution >= 0.6 is 0 Å². The number of rotatable bonds is 7. The molecule has 2 N–H and O–H groups in total. The minimum absolute atomic E-state index is 0.0644. The van der Waals surface area contributed by atoms with Crippen molar-refractivity contribution in [2.75, 3.05) is 0 Å². The Kier molecular flexibility index (Phi) is 7.16. The highest BCUT2D eigenvalue weighted by atomic mass is 15.5. The lowest BCUT2D eigenvalue weighted by molar-refractivity contribution is 0.147. The molecule has 0 spiro atoms. The maximum Gasteiger partial charge on any atom is 0.136 e. The molecule has 0 fully saturated rings. The molecule has 0 saturated carbocycles. The van der Waals surface area contributed by atoms with E-state index in [0.717, 1.165) is 12.8 Å². The van der Waals surface area contributed by atoms with Crippen molar-refractivity contribution in [2.24, 2.45) is 20.8 Å². The van der Waals surface area contributed by atoms with Crippen molar-refractivity contribution in [3.63, 3.8) is 0 Å². The Hall–Kier alpha value is -1.39. The Morgan fingerprint density at radius 2 is 2.00 bits per heavy atom. The summed E-state index contributed by atoms with van der Waals surface area (Å²) in [7, 11) is 0. The molecule has 5 nitrogen and oxygen atoms in total. The highest BCUT2D eigenvalue weighted by molar-refractivity contribution is 5.85. The van der Waals surface area contributed by atoms with Crippen LogP contribution in [0.15, 0.2) is 15.1 Å². The van der Waals surface area contributed by atoms with E-state index in [2.05, 4.69) is 35.7 Å². The van der Waals surface area contributed by atoms with Crippen molar-refractivity contribution in [1.29, 1.82) is 0 Å². The third-order valence-corrected chi connectivity index (χ3v) is 2.41. The summed E-state index contributed by atoms with van der Waals surface area (Å²) in [6.07, 6.45) is 3.45. The zero-order valence-electron chi connectivity index (χ0n) is 10.7. The van der Waals surface area contributed by atoms with Gasteiger partial charge < -0.3 is 5.73 Å². The van der Waals surface area contributed by atoms with Gasteiger partial charge >= 0.3 is 0 Å². The molecule has 1 unspecified atom stereocenters. The van der Waals surface area contributed by atoms with E-state index in [0.29, 0.717) is 11.9 Å². The summed E-state index contributed by atoms with van der Waals surface area (Å²) in [5, 5.41) is 5.92. The summed E-state index contributed by atoms with van der Waals surface area (Å²) in [5.74, 6) is 0.497. The van der Waals surface area contributed by atoms with Crippen molar-refractivity contribution < 1.29 is 0 Å². The second-order valence-corrected chi connectivity index (χ2v) is 3.66. The lowest BCUT2D eigenvalue weighted by atomic mass is 10.1. The Morgan fingerprint density at radius 3 is 2.38 bits per heavy atom. The molecule has 0 bridgehead atoms. The second-order valence-electron chi connectivity index (χ2n) is 3.66. The van der Waals surface area contributed by atoms with Crippen LogP contribution in [0.1, 0.15) is 40.5 Å². The highest BCUT2D eigenvalue weighted by Crippen LogP contribution is 2.13. The number of hydrazone groups is 1. The van der Waals surface area contributed by atoms with Gasteiger partial charge in [-0.2, -0.15) is 5.10 Å². The average molecular weight is 225 g/mol. The average Bonchev–Trinajstić information content (AvgIpc) is 2.24. The number of hydrogen-bond acceptors (Lipinski definition) is 3. The molecule has 0 aliphatic carbocycles. The molecule has 16 heavy (non-hydrogen) atoms. The largest absolute Gasteiger partial charge is 0.387 e. The van der Waals surface area contributed by atoms with Crippen molar-refractivity contribution in [3.8, 4) is 0 Å². The number of hydrogen-bond donors (Lipinski definition) is 1. The Labute approximate surface area is 98.1 Å². The Bertz CT molecular complexity index is 251. The van der Waals surface area contributed by atoms with Gasteiger partial charge in [0.2, 0.25) is 0 Å². The SMILES string of the molecule is C=NN(C(CC)CC)C(C)N=CN=C(C)N. The normalized spacial score (nSPS) is 14.4. The molecule has 0 amide bonds. The van der Waals surface area contributed by atoms with E-state index in [4.69, 9.17) is 5.73 Å². The summed E-state index contributed by atoms with van der Waals surface area (Å²) in [6, 6.07) is 0.368. The van der Waals surface area contributed by atoms with Crippen molar-refractivity contribution in [2.45, 2.75) is 52.7 Å². The number of aliphatic imine (C=N–C) groups is 2. The molecular weight excluding hydrogens is 202 g/mol. The first kappa shape index (κ1) is 14.6. The molecule has 0 aliphatic heterocycles. The van der Waals surface area contributed by atoms with Crippen molar-refractivity contribution in [1.82, 2.24) is 5.01 Å². The molecule has 0 aromatic carbocycles. The molecule has 92 valence electrons. The predicted octanol–water partition coefficient (Wildman–Crippen LogP) is 1.84. The number of amidine groups is 1. The van der Waals surface area contributed by atoms with Crippen LogP contribution in [-0.4, -0.2) is 36.1 Å². The fraction of sp³-hybridized carbons (Fsp3) is 0.727. The van der Waals surface area contributed by atoms with Crippen LogP contribution in [-0.2, 0) is 0 Å². The zero-order valence-corrected chi connectivity index (χ0v) is 10.7. The molecule has 0 aliphatic rings. The predicted molar refractivity (Wildman–Crippen MR) is 71.0 cm³/mol. The smallest absolute Gasteiger partial charge is 0.136 e. The van der Waals surface area contributed by atoms with Crippen LogP contribution in [0.3, 0.4) is 0 Å². The molecule has 1 atom stereocenters. The maximum absolute atomic E-state index is 5.41. The number of nitrogens with two attached hydrogens (primary N) is 1. The third kappa shape index (κ3) is 4.91. The molecule has 0 aromatic heterocycles. The van der Waals surface area contributed by atoms with Crippen LogP contribution in [0.4, 0.5) is 0 Å². The highest BCUT2D eigenvalue weighted by Gasteiger charge is 2.17. The first-order valence-electron chi connectivity index (χ1n) is 5.63. The van der Waals surface area contributed by atoms with Gasteiger partial charge in [-0.3, -0.25) is 5.01 Å². The fourth-order valence-electron chi connectivity index (χ4n) is 1.49. The first-order chi connectivity index (χ1) is 7.56. The third-order valence-electron chi connectivity index (χ3n) is 2.41. The Balaban J connectivity index is 4.52. The van der Waals surface area contributed by atoms with Gasteiger partial charge in [0, 0.05) is 12.8 Å². The Morgan fingerprint density at radius 1 is 1.44 bits per heavy atom. The van der Waals surface area contributed by atoms with E-state index in [1.807, 2.05) is 11.9 Å². The summed E-state index contributed by atoms with van der Waals surface area (Å²) in [6.45, 7) is 11.5. The molecule has 0 aromatic rings. The minimum Gasteiger partial charge on any atom is -0.387 e. The van der Waals surface area contributed by atoms with Crippen LogP contribution in [0.2, 0.25) is 0 Å². The van der Waals surface area contributed by atoms with Gasteiger partial charge in [-0.25, -0.2) is 9.98 Å². The van der Waals surface area contributed by atoms with Gasteiger partial charge in [0.05, 0.1) is 5.84 Å². The monoisotopic (exact) mass is 225 g/mol. The van der Waals surface area contributed by atoms with Crippen LogP contribution in [0.5, 0.6) is 0 Å². The van der Waals surface area contributed by atoms with Gasteiger partial charge in [-0.1, -0.05) is 13.8 Å². The summed E-state index contributed by atoms with van der Waals surface area (Å²) in [5.41, 5.74) is 5.41. The van der Waals surface area contributed by atoms with Gasteiger partial charge in [0.15, 0.2) is 0 Å². The van der Waals surface area contributed by atoms with Crippen LogP contribution < -0.4 is 5.73 Å². The minimum atomic E-state index is -0.0644. The van der Waals surface area contributed by atoms with Crippen molar-refractivity contribution in [3.05, 3.63) is 0 Å². The molecule has 0 saturated heterocycles. The van der Waals surface area contributed by atoms with E-state index in [9.17, 15) is 0 Å². The van der Waals surface area contributed by atoms with Crippen LogP contribution in [0, 0.1) is 0 Å². The van der Waals surface area contributed by atoms with Crippen molar-refractivity contribution >= 4 is 18.9 Å². The molecule has 5 heteroatoms. The van der Waals surface area contributed by atoms with Gasteiger partial charge in [-0.15, -0.1) is 0 Å². The van der Waals surface area contributed by atoms with Gasteiger partial charge in [0.1, 0.15) is 12.5 Å². The van der Waals surface area contributed by atoms with E-state index in [1.165, 1.54) is 6.34 Å². The topological polar surface area (TPSA) is 66.3 Å². The van der Waals surface area contributed by atoms with E-state index in [-0.39, 0.29) is 6.17 Å². The van der Waals surface area contributed by atoms with E-state index >= 15 is 0 Å². The van der Waals surface area contributed by atoms with Crippen LogP contribution in [0.25, 0.3) is 0 Å². The molecule has 0 radical (unpaired) electrons. The standard InChI is InChI=1S/C11H23N5/c1-6-11(7-2)16(13-5)10(4)15-8-14-9(3)12/h8,10-11H,5-7H2,1-4H3,(H2,12,14,15). The lowest BCUT2D eigenvalue weighted by Crippen LogP contribution is -2.35. The van der Waals surface area contributed by atoms with E-state index < -0.39 is 0 Å². The summed E-state index contributed by atoms with van der Waals surface area (Å²) in [4.78, 5) is 8.16. The number of nitrogens with zero attached hydrogens (tertiary/aromatic N) is 4. The van der Waals surface area contributed by atoms with E-state index in [1.54, 1.807) is 6.92 Å². The molecule has 0 rings (SSSR count). The quantitative estimate of drug-likeness (QED) is 0.408. The van der Waals surface area contributed by atoms with Gasteiger partial charge in [-0.05, 0) is 26.7 Å². The van der Waals surface area contributed by atoms with Gasteiger partial charge in [0.25, 0.3) is 0 Å². The second kappa shape index (κ2) is 7.84. The zero-order chi connectivity index (χ0) is 12.6. The summed E-state index contributed by atoms with van der Waals surface area (Å²) < 4.78 is 0.